The molecular formula is C14H10FN. The minimum Gasteiger partial charge on any atom is -0.248 e. The van der Waals surface area contributed by atoms with E-state index in [-0.39, 0.29) is 0 Å². The van der Waals surface area contributed by atoms with Gasteiger partial charge in [0.15, 0.2) is 0 Å². The number of fused-ring (bicyclic) bond motifs is 2. The Morgan fingerprint density at radius 2 is 1.69 bits per heavy atom. The summed E-state index contributed by atoms with van der Waals surface area (Å²) < 4.78 is 12.5. The van der Waals surface area contributed by atoms with Crippen LogP contribution in [0.2, 0.25) is 0 Å². The molecule has 0 spiro atoms. The topological polar surface area (TPSA) is 12.9 Å². The maximum atomic E-state index is 12.5. The first-order valence-electron chi connectivity index (χ1n) is 5.21. The maximum Gasteiger partial charge on any atom is 0.115 e. The molecule has 0 amide bonds. The number of alkyl halides is 1. The van der Waals surface area contributed by atoms with Crippen LogP contribution in [0.4, 0.5) is 4.39 Å². The molecule has 1 nitrogen and oxygen atoms in total. The molecule has 1 aromatic heterocycles. The van der Waals surface area contributed by atoms with Crippen LogP contribution in [0.1, 0.15) is 5.56 Å². The zero-order valence-corrected chi connectivity index (χ0v) is 8.65. The normalized spacial score (nSPS) is 11.1. The van der Waals surface area contributed by atoms with Gasteiger partial charge in [0.25, 0.3) is 0 Å². The largest absolute Gasteiger partial charge is 0.248 e. The third kappa shape index (κ3) is 1.43. The second-order valence-corrected chi connectivity index (χ2v) is 3.84. The van der Waals surface area contributed by atoms with E-state index < -0.39 is 6.67 Å². The van der Waals surface area contributed by atoms with E-state index in [9.17, 15) is 4.39 Å². The van der Waals surface area contributed by atoms with E-state index in [1.54, 1.807) is 6.07 Å². The molecule has 0 radical (unpaired) electrons. The molecule has 3 rings (SSSR count). The highest BCUT2D eigenvalue weighted by molar-refractivity contribution is 5.92. The number of pyridine rings is 1. The molecule has 2 heteroatoms. The van der Waals surface area contributed by atoms with Crippen molar-refractivity contribution < 1.29 is 4.39 Å². The van der Waals surface area contributed by atoms with Crippen molar-refractivity contribution in [3.05, 3.63) is 54.1 Å². The number of hydrogen-bond acceptors (Lipinski definition) is 1. The number of aromatic nitrogens is 1. The quantitative estimate of drug-likeness (QED) is 0.557. The van der Waals surface area contributed by atoms with Crippen LogP contribution >= 0.6 is 0 Å². The second kappa shape index (κ2) is 3.56. The summed E-state index contributed by atoms with van der Waals surface area (Å²) in [6, 6.07) is 15.6. The van der Waals surface area contributed by atoms with E-state index in [4.69, 9.17) is 0 Å². The monoisotopic (exact) mass is 211 g/mol. The number of nitrogens with zero attached hydrogens (tertiary/aromatic N) is 1. The minimum absolute atomic E-state index is 0.440. The molecule has 0 aliphatic rings. The van der Waals surface area contributed by atoms with Crippen molar-refractivity contribution in [2.75, 3.05) is 0 Å². The highest BCUT2D eigenvalue weighted by Crippen LogP contribution is 2.20. The van der Waals surface area contributed by atoms with Gasteiger partial charge in [-0.05, 0) is 23.8 Å². The molecule has 0 unspecified atom stereocenters. The van der Waals surface area contributed by atoms with Gasteiger partial charge < -0.3 is 0 Å². The lowest BCUT2D eigenvalue weighted by molar-refractivity contribution is 0.485. The first-order chi connectivity index (χ1) is 7.86. The maximum absolute atomic E-state index is 12.5. The van der Waals surface area contributed by atoms with Gasteiger partial charge in [-0.3, -0.25) is 0 Å². The van der Waals surface area contributed by atoms with E-state index in [1.165, 1.54) is 0 Å². The third-order valence-electron chi connectivity index (χ3n) is 2.74. The van der Waals surface area contributed by atoms with Crippen molar-refractivity contribution in [1.82, 2.24) is 4.98 Å². The molecule has 0 saturated carbocycles. The second-order valence-electron chi connectivity index (χ2n) is 3.84. The number of para-hydroxylation sites is 1. The molecule has 0 aliphatic heterocycles. The van der Waals surface area contributed by atoms with Crippen LogP contribution in [0.15, 0.2) is 48.5 Å². The summed E-state index contributed by atoms with van der Waals surface area (Å²) in [6.45, 7) is -0.440. The van der Waals surface area contributed by atoms with Gasteiger partial charge in [0.1, 0.15) is 6.67 Å². The Balaban J connectivity index is 2.37. The van der Waals surface area contributed by atoms with E-state index in [0.717, 1.165) is 21.8 Å². The van der Waals surface area contributed by atoms with E-state index in [2.05, 4.69) is 11.1 Å². The van der Waals surface area contributed by atoms with E-state index in [0.29, 0.717) is 5.56 Å². The Labute approximate surface area is 92.5 Å². The lowest BCUT2D eigenvalue weighted by Gasteiger charge is -2.02. The molecule has 0 bridgehead atoms. The summed E-state index contributed by atoms with van der Waals surface area (Å²) in [5, 5.41) is 2.17. The van der Waals surface area contributed by atoms with Crippen molar-refractivity contribution in [2.45, 2.75) is 6.67 Å². The average Bonchev–Trinajstić information content (AvgIpc) is 2.35. The lowest BCUT2D eigenvalue weighted by atomic mass is 10.1. The Kier molecular flexibility index (Phi) is 2.07. The number of hydrogen-bond donors (Lipinski definition) is 0. The van der Waals surface area contributed by atoms with Crippen molar-refractivity contribution in [3.8, 4) is 0 Å². The Morgan fingerprint density at radius 3 is 2.56 bits per heavy atom. The highest BCUT2D eigenvalue weighted by Gasteiger charge is 2.00. The number of halogens is 1. The van der Waals surface area contributed by atoms with Gasteiger partial charge in [-0.1, -0.05) is 30.3 Å². The zero-order valence-electron chi connectivity index (χ0n) is 8.65. The van der Waals surface area contributed by atoms with Crippen LogP contribution in [-0.2, 0) is 6.67 Å². The predicted octanol–water partition coefficient (Wildman–Crippen LogP) is 3.86. The lowest BCUT2D eigenvalue weighted by Crippen LogP contribution is -1.84. The molecule has 0 aliphatic carbocycles. The van der Waals surface area contributed by atoms with E-state index in [1.807, 2.05) is 36.4 Å². The van der Waals surface area contributed by atoms with Crippen molar-refractivity contribution in [3.63, 3.8) is 0 Å². The molecule has 1 heterocycles. The molecule has 16 heavy (non-hydrogen) atoms. The third-order valence-corrected chi connectivity index (χ3v) is 2.74. The minimum atomic E-state index is -0.440. The smallest absolute Gasteiger partial charge is 0.115 e. The molecule has 78 valence electrons. The van der Waals surface area contributed by atoms with Crippen molar-refractivity contribution in [1.29, 1.82) is 0 Å². The van der Waals surface area contributed by atoms with Gasteiger partial charge in [0, 0.05) is 10.8 Å². The Hall–Kier alpha value is -1.96. The van der Waals surface area contributed by atoms with Crippen molar-refractivity contribution >= 4 is 21.8 Å². The fraction of sp³-hybridized carbons (Fsp3) is 0.0714. The van der Waals surface area contributed by atoms with Crippen LogP contribution < -0.4 is 0 Å². The van der Waals surface area contributed by atoms with Crippen LogP contribution in [0, 0.1) is 0 Å². The van der Waals surface area contributed by atoms with Crippen LogP contribution in [0.25, 0.3) is 21.8 Å². The summed E-state index contributed by atoms with van der Waals surface area (Å²) >= 11 is 0. The van der Waals surface area contributed by atoms with Gasteiger partial charge in [0.05, 0.1) is 11.0 Å². The summed E-state index contributed by atoms with van der Waals surface area (Å²) in [7, 11) is 0. The van der Waals surface area contributed by atoms with Gasteiger partial charge in [0.2, 0.25) is 0 Å². The van der Waals surface area contributed by atoms with E-state index >= 15 is 0 Å². The predicted molar refractivity (Wildman–Crippen MR) is 64.1 cm³/mol. The SMILES string of the molecule is FCc1ccc2cc3ccccc3nc2c1. The molecule has 3 aromatic rings. The molecule has 2 aromatic carbocycles. The van der Waals surface area contributed by atoms with Gasteiger partial charge in [-0.25, -0.2) is 9.37 Å². The van der Waals surface area contributed by atoms with Gasteiger partial charge in [-0.15, -0.1) is 0 Å². The van der Waals surface area contributed by atoms with Gasteiger partial charge >= 0.3 is 0 Å². The fourth-order valence-electron chi connectivity index (χ4n) is 1.90. The zero-order chi connectivity index (χ0) is 11.0. The molecule has 0 N–H and O–H groups in total. The Bertz CT molecular complexity index is 661. The standard InChI is InChI=1S/C14H10FN/c15-9-10-5-6-12-8-11-3-1-2-4-13(11)16-14(12)7-10/h1-8H,9H2. The fourth-order valence-corrected chi connectivity index (χ4v) is 1.90. The first kappa shape index (κ1) is 9.28. The number of rotatable bonds is 1. The van der Waals surface area contributed by atoms with Crippen molar-refractivity contribution in [2.24, 2.45) is 0 Å². The summed E-state index contributed by atoms with van der Waals surface area (Å²) in [6.07, 6.45) is 0. The van der Waals surface area contributed by atoms with Crippen LogP contribution in [0.3, 0.4) is 0 Å². The highest BCUT2D eigenvalue weighted by atomic mass is 19.1. The molecule has 0 fully saturated rings. The molecule has 0 atom stereocenters. The average molecular weight is 211 g/mol. The summed E-state index contributed by atoms with van der Waals surface area (Å²) in [4.78, 5) is 4.52. The molecular weight excluding hydrogens is 201 g/mol. The summed E-state index contributed by atoms with van der Waals surface area (Å²) in [5.41, 5.74) is 2.48. The van der Waals surface area contributed by atoms with Crippen LogP contribution in [-0.4, -0.2) is 4.98 Å². The summed E-state index contributed by atoms with van der Waals surface area (Å²) in [5.74, 6) is 0. The van der Waals surface area contributed by atoms with Gasteiger partial charge in [-0.2, -0.15) is 0 Å². The molecule has 0 saturated heterocycles. The first-order valence-corrected chi connectivity index (χ1v) is 5.21. The Morgan fingerprint density at radius 1 is 0.875 bits per heavy atom. The number of benzene rings is 2. The van der Waals surface area contributed by atoms with Crippen LogP contribution in [0.5, 0.6) is 0 Å².